The molecule has 1 saturated heterocycles. The molecule has 0 radical (unpaired) electrons. The van der Waals surface area contributed by atoms with Crippen molar-refractivity contribution in [2.45, 2.75) is 51.5 Å². The Bertz CT molecular complexity index is 860. The molecule has 1 fully saturated rings. The first-order valence-corrected chi connectivity index (χ1v) is 9.39. The first kappa shape index (κ1) is 19.6. The van der Waals surface area contributed by atoms with Crippen LogP contribution < -0.4 is 0 Å². The molecule has 0 spiro atoms. The Morgan fingerprint density at radius 1 is 1.41 bits per heavy atom. The largest absolute Gasteiger partial charge is 0.480 e. The fourth-order valence-electron chi connectivity index (χ4n) is 2.98. The van der Waals surface area contributed by atoms with Crippen LogP contribution in [0.15, 0.2) is 29.0 Å². The first-order chi connectivity index (χ1) is 12.6. The standard InChI is InChI=1S/C18H22BrN3O5/c1-18(2,3)27-17(25)22-9-12(7-14(22)16(23)24)26-10-11-8-21-6-4-5-13(19)15(21)20-11/h4-6,8,12,14H,7,9-10H2,1-3H3,(H,23,24)/t12-,14+/m1/s1. The van der Waals surface area contributed by atoms with Crippen LogP contribution in [0, 0.1) is 0 Å². The molecule has 1 aliphatic heterocycles. The second-order valence-corrected chi connectivity index (χ2v) is 8.33. The summed E-state index contributed by atoms with van der Waals surface area (Å²) < 4.78 is 13.9. The van der Waals surface area contributed by atoms with Gasteiger partial charge in [0, 0.05) is 18.8 Å². The quantitative estimate of drug-likeness (QED) is 0.786. The zero-order chi connectivity index (χ0) is 19.8. The smallest absolute Gasteiger partial charge is 0.411 e. The van der Waals surface area contributed by atoms with Crippen LogP contribution in [0.5, 0.6) is 0 Å². The predicted molar refractivity (Wildman–Crippen MR) is 100 cm³/mol. The molecule has 0 aliphatic carbocycles. The fraction of sp³-hybridized carbons (Fsp3) is 0.500. The van der Waals surface area contributed by atoms with E-state index >= 15 is 0 Å². The molecule has 3 rings (SSSR count). The van der Waals surface area contributed by atoms with Gasteiger partial charge in [-0.1, -0.05) is 0 Å². The van der Waals surface area contributed by atoms with E-state index in [1.165, 1.54) is 4.90 Å². The summed E-state index contributed by atoms with van der Waals surface area (Å²) in [5.41, 5.74) is 0.814. The highest BCUT2D eigenvalue weighted by atomic mass is 79.9. The maximum atomic E-state index is 12.3. The highest BCUT2D eigenvalue weighted by Gasteiger charge is 2.42. The molecule has 1 amide bonds. The molecule has 2 aromatic rings. The lowest BCUT2D eigenvalue weighted by molar-refractivity contribution is -0.142. The molecule has 0 saturated carbocycles. The zero-order valence-electron chi connectivity index (χ0n) is 15.4. The van der Waals surface area contributed by atoms with E-state index in [-0.39, 0.29) is 19.6 Å². The predicted octanol–water partition coefficient (Wildman–Crippen LogP) is 3.08. The van der Waals surface area contributed by atoms with E-state index in [9.17, 15) is 14.7 Å². The number of likely N-dealkylation sites (tertiary alicyclic amines) is 1. The minimum atomic E-state index is -1.07. The molecule has 0 unspecified atom stereocenters. The number of hydrogen-bond donors (Lipinski definition) is 1. The van der Waals surface area contributed by atoms with Crippen molar-refractivity contribution >= 4 is 33.6 Å². The van der Waals surface area contributed by atoms with E-state index in [4.69, 9.17) is 9.47 Å². The van der Waals surface area contributed by atoms with Crippen LogP contribution in [-0.2, 0) is 20.9 Å². The highest BCUT2D eigenvalue weighted by Crippen LogP contribution is 2.25. The Labute approximate surface area is 165 Å². The van der Waals surface area contributed by atoms with E-state index in [0.717, 1.165) is 15.8 Å². The summed E-state index contributed by atoms with van der Waals surface area (Å²) in [5.74, 6) is -1.07. The molecule has 0 bridgehead atoms. The van der Waals surface area contributed by atoms with E-state index in [2.05, 4.69) is 20.9 Å². The number of carbonyl (C=O) groups excluding carboxylic acids is 1. The Balaban J connectivity index is 1.65. The van der Waals surface area contributed by atoms with Crippen molar-refractivity contribution in [3.8, 4) is 0 Å². The van der Waals surface area contributed by atoms with Gasteiger partial charge >= 0.3 is 12.1 Å². The van der Waals surface area contributed by atoms with Crippen LogP contribution in [0.25, 0.3) is 5.65 Å². The number of nitrogens with zero attached hydrogens (tertiary/aromatic N) is 3. The van der Waals surface area contributed by atoms with E-state index in [1.54, 1.807) is 20.8 Å². The second kappa shape index (κ2) is 7.47. The van der Waals surface area contributed by atoms with Crippen LogP contribution in [0.3, 0.4) is 0 Å². The summed E-state index contributed by atoms with van der Waals surface area (Å²) in [6.07, 6.45) is 2.92. The minimum absolute atomic E-state index is 0.170. The van der Waals surface area contributed by atoms with Crippen molar-refractivity contribution < 1.29 is 24.2 Å². The lowest BCUT2D eigenvalue weighted by atomic mass is 10.2. The molecule has 8 nitrogen and oxygen atoms in total. The molecule has 3 heterocycles. The third-order valence-corrected chi connectivity index (χ3v) is 4.75. The number of carbonyl (C=O) groups is 2. The molecule has 2 aromatic heterocycles. The molecule has 2 atom stereocenters. The number of carboxylic acid groups (broad SMARTS) is 1. The Kier molecular flexibility index (Phi) is 5.43. The Morgan fingerprint density at radius 2 is 2.15 bits per heavy atom. The monoisotopic (exact) mass is 439 g/mol. The number of amides is 1. The average Bonchev–Trinajstić information content (AvgIpc) is 3.16. The number of hydrogen-bond acceptors (Lipinski definition) is 5. The van der Waals surface area contributed by atoms with Gasteiger partial charge in [-0.2, -0.15) is 0 Å². The SMILES string of the molecule is CC(C)(C)OC(=O)N1C[C@H](OCc2cn3cccc(Br)c3n2)C[C@H]1C(=O)O. The zero-order valence-corrected chi connectivity index (χ0v) is 17.0. The van der Waals surface area contributed by atoms with Crippen LogP contribution >= 0.6 is 15.9 Å². The molecular formula is C18H22BrN3O5. The van der Waals surface area contributed by atoms with Gasteiger partial charge in [-0.05, 0) is 48.8 Å². The molecule has 9 heteroatoms. The third-order valence-electron chi connectivity index (χ3n) is 4.13. The van der Waals surface area contributed by atoms with Gasteiger partial charge in [0.15, 0.2) is 5.65 Å². The van der Waals surface area contributed by atoms with Crippen LogP contribution in [0.2, 0.25) is 0 Å². The van der Waals surface area contributed by atoms with Gasteiger partial charge in [0.2, 0.25) is 0 Å². The van der Waals surface area contributed by atoms with Crippen molar-refractivity contribution in [3.63, 3.8) is 0 Å². The lowest BCUT2D eigenvalue weighted by Gasteiger charge is -2.26. The normalized spacial score (nSPS) is 20.2. The molecule has 1 N–H and O–H groups in total. The van der Waals surface area contributed by atoms with Crippen LogP contribution in [0.4, 0.5) is 4.79 Å². The second-order valence-electron chi connectivity index (χ2n) is 7.47. The van der Waals surface area contributed by atoms with Crippen molar-refractivity contribution in [2.75, 3.05) is 6.54 Å². The molecule has 27 heavy (non-hydrogen) atoms. The van der Waals surface area contributed by atoms with Crippen molar-refractivity contribution in [1.82, 2.24) is 14.3 Å². The maximum absolute atomic E-state index is 12.3. The minimum Gasteiger partial charge on any atom is -0.480 e. The molecular weight excluding hydrogens is 418 g/mol. The van der Waals surface area contributed by atoms with Gasteiger partial charge < -0.3 is 19.0 Å². The molecule has 1 aliphatic rings. The van der Waals surface area contributed by atoms with Gasteiger partial charge in [0.25, 0.3) is 0 Å². The summed E-state index contributed by atoms with van der Waals surface area (Å²) in [6.45, 7) is 5.63. The number of aliphatic carboxylic acids is 1. The van der Waals surface area contributed by atoms with E-state index in [1.807, 2.05) is 28.9 Å². The number of fused-ring (bicyclic) bond motifs is 1. The Morgan fingerprint density at radius 3 is 2.78 bits per heavy atom. The Hall–Kier alpha value is -2.13. The molecule has 146 valence electrons. The number of imidazole rings is 1. The average molecular weight is 440 g/mol. The van der Waals surface area contributed by atoms with Crippen LogP contribution in [-0.4, -0.2) is 55.7 Å². The maximum Gasteiger partial charge on any atom is 0.411 e. The summed E-state index contributed by atoms with van der Waals surface area (Å²) in [6, 6.07) is 2.84. The van der Waals surface area contributed by atoms with Gasteiger partial charge in [0.1, 0.15) is 11.6 Å². The van der Waals surface area contributed by atoms with E-state index < -0.39 is 29.8 Å². The van der Waals surface area contributed by atoms with Gasteiger partial charge in [-0.25, -0.2) is 14.6 Å². The lowest BCUT2D eigenvalue weighted by Crippen LogP contribution is -2.43. The number of ether oxygens (including phenoxy) is 2. The highest BCUT2D eigenvalue weighted by molar-refractivity contribution is 9.10. The van der Waals surface area contributed by atoms with Gasteiger partial charge in [-0.15, -0.1) is 0 Å². The number of aromatic nitrogens is 2. The number of pyridine rings is 1. The molecule has 0 aromatic carbocycles. The first-order valence-electron chi connectivity index (χ1n) is 8.60. The van der Waals surface area contributed by atoms with Crippen molar-refractivity contribution in [3.05, 3.63) is 34.7 Å². The van der Waals surface area contributed by atoms with Crippen LogP contribution in [0.1, 0.15) is 32.9 Å². The summed E-state index contributed by atoms with van der Waals surface area (Å²) >= 11 is 3.45. The summed E-state index contributed by atoms with van der Waals surface area (Å²) in [5, 5.41) is 9.43. The fourth-order valence-corrected chi connectivity index (χ4v) is 3.42. The summed E-state index contributed by atoms with van der Waals surface area (Å²) in [4.78, 5) is 29.6. The van der Waals surface area contributed by atoms with Gasteiger partial charge in [0.05, 0.1) is 29.4 Å². The number of rotatable bonds is 4. The third kappa shape index (κ3) is 4.59. The summed E-state index contributed by atoms with van der Waals surface area (Å²) in [7, 11) is 0. The van der Waals surface area contributed by atoms with E-state index in [0.29, 0.717) is 0 Å². The number of halogens is 1. The van der Waals surface area contributed by atoms with Crippen molar-refractivity contribution in [1.29, 1.82) is 0 Å². The van der Waals surface area contributed by atoms with Gasteiger partial charge in [-0.3, -0.25) is 4.90 Å². The number of carboxylic acids is 1. The van der Waals surface area contributed by atoms with Crippen molar-refractivity contribution in [2.24, 2.45) is 0 Å². The topological polar surface area (TPSA) is 93.4 Å².